The van der Waals surface area contributed by atoms with E-state index in [1.54, 1.807) is 6.07 Å². The van der Waals surface area contributed by atoms with Crippen molar-refractivity contribution in [2.24, 2.45) is 11.5 Å². The van der Waals surface area contributed by atoms with Crippen molar-refractivity contribution in [3.63, 3.8) is 0 Å². The molecule has 1 amide bonds. The molecule has 0 bridgehead atoms. The fourth-order valence-corrected chi connectivity index (χ4v) is 2.87. The van der Waals surface area contributed by atoms with Gasteiger partial charge in [-0.25, -0.2) is 0 Å². The zero-order valence-electron chi connectivity index (χ0n) is 11.5. The first kappa shape index (κ1) is 14.0. The lowest BCUT2D eigenvalue weighted by atomic mass is 9.96. The molecule has 1 aromatic rings. The SMILES string of the molecule is CC(N)C1CCCCN1Cc1cccc(C(N)=O)c1. The minimum Gasteiger partial charge on any atom is -0.366 e. The topological polar surface area (TPSA) is 72.3 Å². The van der Waals surface area contributed by atoms with Gasteiger partial charge < -0.3 is 11.5 Å². The third-order valence-corrected chi connectivity index (χ3v) is 3.87. The minimum absolute atomic E-state index is 0.180. The summed E-state index contributed by atoms with van der Waals surface area (Å²) in [7, 11) is 0. The molecule has 0 aromatic heterocycles. The summed E-state index contributed by atoms with van der Waals surface area (Å²) in [5, 5.41) is 0. The number of carbonyl (C=O) groups is 1. The second-order valence-electron chi connectivity index (χ2n) is 5.46. The number of hydrogen-bond donors (Lipinski definition) is 2. The van der Waals surface area contributed by atoms with E-state index < -0.39 is 0 Å². The molecule has 2 rings (SSSR count). The summed E-state index contributed by atoms with van der Waals surface area (Å²) in [4.78, 5) is 13.6. The van der Waals surface area contributed by atoms with Crippen LogP contribution in [-0.2, 0) is 6.54 Å². The maximum absolute atomic E-state index is 11.2. The molecule has 1 saturated heterocycles. The summed E-state index contributed by atoms with van der Waals surface area (Å²) >= 11 is 0. The van der Waals surface area contributed by atoms with Gasteiger partial charge in [-0.15, -0.1) is 0 Å². The van der Waals surface area contributed by atoms with Gasteiger partial charge in [-0.05, 0) is 44.0 Å². The molecule has 1 aliphatic heterocycles. The second kappa shape index (κ2) is 6.17. The highest BCUT2D eigenvalue weighted by molar-refractivity contribution is 5.92. The molecule has 0 saturated carbocycles. The van der Waals surface area contributed by atoms with Gasteiger partial charge in [-0.2, -0.15) is 0 Å². The van der Waals surface area contributed by atoms with Crippen LogP contribution in [0.25, 0.3) is 0 Å². The van der Waals surface area contributed by atoms with Gasteiger partial charge in [0, 0.05) is 24.2 Å². The van der Waals surface area contributed by atoms with E-state index in [4.69, 9.17) is 11.5 Å². The van der Waals surface area contributed by atoms with Crippen molar-refractivity contribution in [3.8, 4) is 0 Å². The first-order valence-corrected chi connectivity index (χ1v) is 6.96. The summed E-state index contributed by atoms with van der Waals surface area (Å²) in [6.07, 6.45) is 3.63. The van der Waals surface area contributed by atoms with Gasteiger partial charge >= 0.3 is 0 Å². The van der Waals surface area contributed by atoms with E-state index in [1.807, 2.05) is 18.2 Å². The average Bonchev–Trinajstić information content (AvgIpc) is 2.39. The maximum Gasteiger partial charge on any atom is 0.248 e. The van der Waals surface area contributed by atoms with Crippen LogP contribution in [0, 0.1) is 0 Å². The van der Waals surface area contributed by atoms with E-state index in [9.17, 15) is 4.79 Å². The van der Waals surface area contributed by atoms with Gasteiger partial charge in [-0.3, -0.25) is 9.69 Å². The van der Waals surface area contributed by atoms with Crippen molar-refractivity contribution in [2.45, 2.75) is 44.8 Å². The van der Waals surface area contributed by atoms with Gasteiger partial charge in [0.15, 0.2) is 0 Å². The molecular formula is C15H23N3O. The highest BCUT2D eigenvalue weighted by Crippen LogP contribution is 2.21. The lowest BCUT2D eigenvalue weighted by Gasteiger charge is -2.38. The third-order valence-electron chi connectivity index (χ3n) is 3.87. The number of benzene rings is 1. The van der Waals surface area contributed by atoms with Crippen molar-refractivity contribution < 1.29 is 4.79 Å². The minimum atomic E-state index is -0.371. The van der Waals surface area contributed by atoms with E-state index in [-0.39, 0.29) is 11.9 Å². The molecule has 4 heteroatoms. The maximum atomic E-state index is 11.2. The number of nitrogens with two attached hydrogens (primary N) is 2. The number of amides is 1. The molecule has 4 nitrogen and oxygen atoms in total. The first-order chi connectivity index (χ1) is 9.08. The first-order valence-electron chi connectivity index (χ1n) is 6.96. The van der Waals surface area contributed by atoms with Gasteiger partial charge in [0.05, 0.1) is 0 Å². The normalized spacial score (nSPS) is 22.1. The fraction of sp³-hybridized carbons (Fsp3) is 0.533. The Labute approximate surface area is 114 Å². The second-order valence-corrected chi connectivity index (χ2v) is 5.46. The quantitative estimate of drug-likeness (QED) is 0.862. The number of likely N-dealkylation sites (tertiary alicyclic amines) is 1. The predicted molar refractivity (Wildman–Crippen MR) is 76.7 cm³/mol. The summed E-state index contributed by atoms with van der Waals surface area (Å²) in [6.45, 7) is 3.99. The summed E-state index contributed by atoms with van der Waals surface area (Å²) in [5.41, 5.74) is 13.1. The van der Waals surface area contributed by atoms with Crippen LogP contribution in [0.1, 0.15) is 42.1 Å². The number of primary amides is 1. The Morgan fingerprint density at radius 1 is 1.47 bits per heavy atom. The molecule has 1 fully saturated rings. The van der Waals surface area contributed by atoms with Crippen LogP contribution in [-0.4, -0.2) is 29.4 Å². The highest BCUT2D eigenvalue weighted by atomic mass is 16.1. The number of nitrogens with zero attached hydrogens (tertiary/aromatic N) is 1. The monoisotopic (exact) mass is 261 g/mol. The standard InChI is InChI=1S/C15H23N3O/c1-11(16)14-7-2-3-8-18(14)10-12-5-4-6-13(9-12)15(17)19/h4-6,9,11,14H,2-3,7-8,10,16H2,1H3,(H2,17,19). The summed E-state index contributed by atoms with van der Waals surface area (Å²) in [6, 6.07) is 8.19. The number of piperidine rings is 1. The smallest absolute Gasteiger partial charge is 0.248 e. The molecule has 1 heterocycles. The Morgan fingerprint density at radius 3 is 2.95 bits per heavy atom. The average molecular weight is 261 g/mol. The molecule has 0 radical (unpaired) electrons. The van der Waals surface area contributed by atoms with Gasteiger partial charge in [0.2, 0.25) is 5.91 Å². The fourth-order valence-electron chi connectivity index (χ4n) is 2.87. The summed E-state index contributed by atoms with van der Waals surface area (Å²) < 4.78 is 0. The van der Waals surface area contributed by atoms with Gasteiger partial charge in [-0.1, -0.05) is 18.6 Å². The molecule has 4 N–H and O–H groups in total. The van der Waals surface area contributed by atoms with E-state index in [0.29, 0.717) is 11.6 Å². The molecular weight excluding hydrogens is 238 g/mol. The van der Waals surface area contributed by atoms with Crippen LogP contribution < -0.4 is 11.5 Å². The van der Waals surface area contributed by atoms with Crippen LogP contribution in [0.2, 0.25) is 0 Å². The molecule has 0 aliphatic carbocycles. The molecule has 1 aliphatic rings. The van der Waals surface area contributed by atoms with Crippen molar-refractivity contribution in [1.29, 1.82) is 0 Å². The molecule has 19 heavy (non-hydrogen) atoms. The molecule has 2 atom stereocenters. The lowest BCUT2D eigenvalue weighted by molar-refractivity contribution is 0.0999. The lowest BCUT2D eigenvalue weighted by Crippen LogP contribution is -2.48. The van der Waals surface area contributed by atoms with E-state index in [2.05, 4.69) is 11.8 Å². The molecule has 0 spiro atoms. The Kier molecular flexibility index (Phi) is 4.56. The number of rotatable bonds is 4. The van der Waals surface area contributed by atoms with E-state index >= 15 is 0 Å². The van der Waals surface area contributed by atoms with Crippen LogP contribution in [0.5, 0.6) is 0 Å². The molecule has 2 unspecified atom stereocenters. The third kappa shape index (κ3) is 3.55. The summed E-state index contributed by atoms with van der Waals surface area (Å²) in [5.74, 6) is -0.371. The zero-order valence-corrected chi connectivity index (χ0v) is 11.5. The van der Waals surface area contributed by atoms with Crippen LogP contribution in [0.15, 0.2) is 24.3 Å². The Bertz CT molecular complexity index is 445. The predicted octanol–water partition coefficient (Wildman–Crippen LogP) is 1.49. The van der Waals surface area contributed by atoms with Crippen molar-refractivity contribution in [1.82, 2.24) is 4.90 Å². The number of hydrogen-bond acceptors (Lipinski definition) is 3. The van der Waals surface area contributed by atoms with Gasteiger partial charge in [0.1, 0.15) is 0 Å². The van der Waals surface area contributed by atoms with Crippen molar-refractivity contribution in [3.05, 3.63) is 35.4 Å². The van der Waals surface area contributed by atoms with Crippen molar-refractivity contribution in [2.75, 3.05) is 6.54 Å². The van der Waals surface area contributed by atoms with Crippen LogP contribution in [0.3, 0.4) is 0 Å². The molecule has 1 aromatic carbocycles. The Hall–Kier alpha value is -1.39. The van der Waals surface area contributed by atoms with Crippen LogP contribution >= 0.6 is 0 Å². The number of carbonyl (C=O) groups excluding carboxylic acids is 1. The Balaban J connectivity index is 2.10. The Morgan fingerprint density at radius 2 is 2.26 bits per heavy atom. The van der Waals surface area contributed by atoms with Crippen LogP contribution in [0.4, 0.5) is 0 Å². The molecule has 104 valence electrons. The van der Waals surface area contributed by atoms with E-state index in [0.717, 1.165) is 25.1 Å². The largest absolute Gasteiger partial charge is 0.366 e. The van der Waals surface area contributed by atoms with Gasteiger partial charge in [0.25, 0.3) is 0 Å². The van der Waals surface area contributed by atoms with Crippen molar-refractivity contribution >= 4 is 5.91 Å². The van der Waals surface area contributed by atoms with E-state index in [1.165, 1.54) is 12.8 Å². The highest BCUT2D eigenvalue weighted by Gasteiger charge is 2.25. The zero-order chi connectivity index (χ0) is 13.8.